The summed E-state index contributed by atoms with van der Waals surface area (Å²) in [4.78, 5) is 0.241. The number of aliphatic hydroxyl groups is 2. The molecule has 4 nitrogen and oxygen atoms in total. The molecule has 0 spiro atoms. The topological polar surface area (TPSA) is 74.6 Å². The molecule has 5 saturated carbocycles. The Balaban J connectivity index is 1.23. The van der Waals surface area contributed by atoms with Gasteiger partial charge in [0.1, 0.15) is 0 Å². The Morgan fingerprint density at radius 3 is 2.11 bits per heavy atom. The Kier molecular flexibility index (Phi) is 9.02. The molecule has 5 fully saturated rings. The van der Waals surface area contributed by atoms with Gasteiger partial charge in [0.05, 0.1) is 15.7 Å². The lowest BCUT2D eigenvalue weighted by Gasteiger charge is -2.62. The van der Waals surface area contributed by atoms with Gasteiger partial charge in [-0.1, -0.05) is 39.0 Å². The highest BCUT2D eigenvalue weighted by molar-refractivity contribution is 7.92. The molecule has 9 unspecified atom stereocenters. The van der Waals surface area contributed by atoms with E-state index >= 15 is 0 Å². The second-order valence-electron chi connectivity index (χ2n) is 17.0. The van der Waals surface area contributed by atoms with Gasteiger partial charge in [-0.25, -0.2) is 17.2 Å². The van der Waals surface area contributed by atoms with Gasteiger partial charge in [-0.2, -0.15) is 13.2 Å². The SMILES string of the molecule is CC(C1CCC2C3CCC4C[C@](O)(C(F)(F)F)CCC4(C)C3CCC12C)C(CCC1(O)CCC(F)(F)CC1)S(=O)(=O)c1ccccc1. The summed E-state index contributed by atoms with van der Waals surface area (Å²) in [6.07, 6.45) is -0.135. The maximum Gasteiger partial charge on any atom is 0.417 e. The molecule has 1 aromatic carbocycles. The Labute approximate surface area is 277 Å². The highest BCUT2D eigenvalue weighted by Gasteiger charge is 2.65. The first kappa shape index (κ1) is 35.6. The van der Waals surface area contributed by atoms with E-state index < -0.39 is 51.2 Å². The first-order valence-corrected chi connectivity index (χ1v) is 19.5. The Morgan fingerprint density at radius 1 is 0.830 bits per heavy atom. The van der Waals surface area contributed by atoms with Gasteiger partial charge in [0.15, 0.2) is 15.4 Å². The normalized spacial score (nSPS) is 41.3. The van der Waals surface area contributed by atoms with Crippen LogP contribution in [-0.4, -0.2) is 47.2 Å². The van der Waals surface area contributed by atoms with Gasteiger partial charge in [-0.05, 0) is 142 Å². The molecule has 10 heteroatoms. The number of benzene rings is 1. The van der Waals surface area contributed by atoms with Crippen LogP contribution in [0.2, 0.25) is 0 Å². The molecule has 2 N–H and O–H groups in total. The van der Waals surface area contributed by atoms with Crippen molar-refractivity contribution in [3.63, 3.8) is 0 Å². The van der Waals surface area contributed by atoms with Gasteiger partial charge >= 0.3 is 6.18 Å². The quantitative estimate of drug-likeness (QED) is 0.280. The third-order valence-electron chi connectivity index (χ3n) is 14.8. The monoisotopic (exact) mass is 688 g/mol. The van der Waals surface area contributed by atoms with Crippen LogP contribution in [0.1, 0.15) is 117 Å². The lowest BCUT2D eigenvalue weighted by molar-refractivity contribution is -0.290. The predicted molar refractivity (Wildman–Crippen MR) is 170 cm³/mol. The summed E-state index contributed by atoms with van der Waals surface area (Å²) in [6, 6.07) is 8.40. The van der Waals surface area contributed by atoms with Gasteiger partial charge in [-0.3, -0.25) is 0 Å². The summed E-state index contributed by atoms with van der Waals surface area (Å²) >= 11 is 0. The Morgan fingerprint density at radius 2 is 1.47 bits per heavy atom. The highest BCUT2D eigenvalue weighted by Crippen LogP contribution is 2.69. The second-order valence-corrected chi connectivity index (χ2v) is 19.2. The van der Waals surface area contributed by atoms with Crippen molar-refractivity contribution >= 4 is 9.84 Å². The largest absolute Gasteiger partial charge is 0.417 e. The van der Waals surface area contributed by atoms with E-state index in [0.29, 0.717) is 24.7 Å². The molecule has 0 heterocycles. The van der Waals surface area contributed by atoms with Crippen molar-refractivity contribution in [2.75, 3.05) is 0 Å². The fourth-order valence-corrected chi connectivity index (χ4v) is 14.0. The Hall–Kier alpha value is -1.26. The molecular weight excluding hydrogens is 635 g/mol. The molecule has 5 aliphatic carbocycles. The number of halogens is 5. The molecule has 47 heavy (non-hydrogen) atoms. The van der Waals surface area contributed by atoms with E-state index in [1.807, 2.05) is 6.92 Å². The number of alkyl halides is 5. The summed E-state index contributed by atoms with van der Waals surface area (Å²) in [5, 5.41) is 21.1. The highest BCUT2D eigenvalue weighted by atomic mass is 32.2. The number of fused-ring (bicyclic) bond motifs is 5. The van der Waals surface area contributed by atoms with E-state index in [4.69, 9.17) is 0 Å². The molecule has 0 amide bonds. The molecule has 6 rings (SSSR count). The first-order valence-electron chi connectivity index (χ1n) is 17.9. The number of hydrogen-bond acceptors (Lipinski definition) is 4. The van der Waals surface area contributed by atoms with Crippen LogP contribution in [0.15, 0.2) is 35.2 Å². The molecule has 0 aromatic heterocycles. The zero-order valence-electron chi connectivity index (χ0n) is 28.0. The summed E-state index contributed by atoms with van der Waals surface area (Å²) in [5.41, 5.74) is -4.29. The van der Waals surface area contributed by atoms with Crippen molar-refractivity contribution in [3.05, 3.63) is 30.3 Å². The standard InChI is InChI=1S/C37H53F5O4S/c1-24(31(47(45,46)26-7-5-4-6-8-26)14-16-34(43)18-21-36(38,39)22-19-34)28-11-12-29-27-10-9-25-23-35(44,37(40,41)42)20-17-32(25,2)30(27)13-15-33(28,29)3/h4-8,24-25,27-31,43-44H,9-23H2,1-3H3/t24?,25?,27?,28?,29?,30?,31?,32?,33?,35-/m0/s1. The molecule has 0 radical (unpaired) electrons. The minimum atomic E-state index is -4.63. The molecule has 10 atom stereocenters. The number of sulfone groups is 1. The van der Waals surface area contributed by atoms with E-state index in [1.54, 1.807) is 30.3 Å². The van der Waals surface area contributed by atoms with Crippen molar-refractivity contribution in [1.29, 1.82) is 0 Å². The van der Waals surface area contributed by atoms with Gasteiger partial charge in [0.2, 0.25) is 5.92 Å². The first-order chi connectivity index (χ1) is 21.7. The summed E-state index contributed by atoms with van der Waals surface area (Å²) < 4.78 is 98.0. The van der Waals surface area contributed by atoms with Gasteiger partial charge in [-0.15, -0.1) is 0 Å². The van der Waals surface area contributed by atoms with Crippen molar-refractivity contribution in [1.82, 2.24) is 0 Å². The molecule has 1 aromatic rings. The van der Waals surface area contributed by atoms with Gasteiger partial charge in [0, 0.05) is 12.8 Å². The van der Waals surface area contributed by atoms with Crippen LogP contribution < -0.4 is 0 Å². The lowest BCUT2D eigenvalue weighted by Crippen LogP contribution is -2.59. The smallest absolute Gasteiger partial charge is 0.390 e. The van der Waals surface area contributed by atoms with E-state index in [9.17, 15) is 40.6 Å². The van der Waals surface area contributed by atoms with Crippen LogP contribution in [0.5, 0.6) is 0 Å². The fraction of sp³-hybridized carbons (Fsp3) is 0.838. The van der Waals surface area contributed by atoms with Crippen LogP contribution in [0.3, 0.4) is 0 Å². The van der Waals surface area contributed by atoms with Gasteiger partial charge < -0.3 is 10.2 Å². The van der Waals surface area contributed by atoms with E-state index in [-0.39, 0.29) is 77.9 Å². The number of rotatable bonds is 7. The Bertz CT molecular complexity index is 1390. The number of hydrogen-bond donors (Lipinski definition) is 2. The van der Waals surface area contributed by atoms with Crippen molar-refractivity contribution in [3.8, 4) is 0 Å². The molecular formula is C37H53F5O4S. The van der Waals surface area contributed by atoms with Crippen LogP contribution in [0.4, 0.5) is 22.0 Å². The van der Waals surface area contributed by atoms with Crippen molar-refractivity contribution < 1.29 is 40.6 Å². The van der Waals surface area contributed by atoms with E-state index in [1.165, 1.54) is 0 Å². The third kappa shape index (κ3) is 6.10. The molecule has 0 saturated heterocycles. The molecule has 5 aliphatic rings. The summed E-state index contributed by atoms with van der Waals surface area (Å²) in [7, 11) is -3.80. The van der Waals surface area contributed by atoms with Crippen LogP contribution in [-0.2, 0) is 9.84 Å². The predicted octanol–water partition coefficient (Wildman–Crippen LogP) is 9.14. The van der Waals surface area contributed by atoms with E-state index in [0.717, 1.165) is 32.1 Å². The zero-order chi connectivity index (χ0) is 34.3. The maximum atomic E-state index is 14.3. The molecule has 266 valence electrons. The summed E-state index contributed by atoms with van der Waals surface area (Å²) in [5.74, 6) is -2.10. The van der Waals surface area contributed by atoms with Crippen LogP contribution >= 0.6 is 0 Å². The third-order valence-corrected chi connectivity index (χ3v) is 17.2. The zero-order valence-corrected chi connectivity index (χ0v) is 28.9. The summed E-state index contributed by atoms with van der Waals surface area (Å²) in [6.45, 7) is 6.51. The van der Waals surface area contributed by atoms with E-state index in [2.05, 4.69) is 13.8 Å². The van der Waals surface area contributed by atoms with Crippen molar-refractivity contribution in [2.24, 2.45) is 46.3 Å². The minimum absolute atomic E-state index is 0.0428. The van der Waals surface area contributed by atoms with Crippen LogP contribution in [0.25, 0.3) is 0 Å². The minimum Gasteiger partial charge on any atom is -0.390 e. The average molecular weight is 689 g/mol. The van der Waals surface area contributed by atoms with Crippen LogP contribution in [0, 0.1) is 46.3 Å². The molecule has 0 bridgehead atoms. The van der Waals surface area contributed by atoms with Crippen molar-refractivity contribution in [2.45, 2.75) is 151 Å². The average Bonchev–Trinajstić information content (AvgIpc) is 3.36. The molecule has 0 aliphatic heterocycles. The fourth-order valence-electron chi connectivity index (χ4n) is 11.9. The second kappa shape index (κ2) is 11.9. The van der Waals surface area contributed by atoms with Gasteiger partial charge in [0.25, 0.3) is 0 Å². The maximum absolute atomic E-state index is 14.3. The lowest BCUT2D eigenvalue weighted by atomic mass is 9.43.